The molecule has 6 aliphatic heterocycles. The zero-order chi connectivity index (χ0) is 71.8. The smallest absolute Gasteiger partial charge is 0.813 e. The third kappa shape index (κ3) is 21.0. The SMILES string of the molecule is CC(C)(C)OC(=O)CC1CCNCC1.Cn1c(=O)n(C2CCC(=O)NC2=O)c2ccc(C=O)cc21.Cn1c(=O)n(C2CCC(=O)NC2=O)c2ccc(CN3CCC(CC(=O)O)CC3)cc21.Cn1c(=O)n(C2CCC(=O)NC2=O)c2ccc(CN3CCC(CC(=O)OC(C)(C)C)CC3)cc21.[K+].[SH-]. The fraction of sp³-hybridized carbons (Fsp3) is 0.563. The van der Waals surface area contributed by atoms with Crippen molar-refractivity contribution in [3.05, 3.63) is 103 Å². The molecule has 6 fully saturated rings. The minimum atomic E-state index is -0.736. The molecule has 6 amide bonds. The molecule has 6 aliphatic rings. The summed E-state index contributed by atoms with van der Waals surface area (Å²) in [7, 11) is 4.98. The number of imide groups is 3. The molecule has 28 nitrogen and oxygen atoms in total. The molecule has 6 aromatic rings. The maximum absolute atomic E-state index is 12.9. The van der Waals surface area contributed by atoms with Crippen molar-refractivity contribution in [2.75, 3.05) is 39.3 Å². The molecule has 3 aromatic carbocycles. The number of rotatable bonds is 14. The number of carbonyl (C=O) groups excluding carboxylic acids is 9. The molecular formula is C71H95KN12O16S. The van der Waals surface area contributed by atoms with Crippen LogP contribution in [-0.4, -0.2) is 152 Å². The molecule has 542 valence electrons. The third-order valence-corrected chi connectivity index (χ3v) is 19.0. The molecule has 6 saturated heterocycles. The summed E-state index contributed by atoms with van der Waals surface area (Å²) in [5.74, 6) is -2.08. The first-order valence-corrected chi connectivity index (χ1v) is 34.2. The van der Waals surface area contributed by atoms with Gasteiger partial charge in [-0.25, -0.2) is 14.4 Å². The quantitative estimate of drug-likeness (QED) is 0.0259. The molecule has 0 saturated carbocycles. The molecule has 3 aromatic heterocycles. The van der Waals surface area contributed by atoms with Gasteiger partial charge in [0.05, 0.1) is 33.1 Å². The summed E-state index contributed by atoms with van der Waals surface area (Å²) in [4.78, 5) is 159. The zero-order valence-electron chi connectivity index (χ0n) is 59.6. The van der Waals surface area contributed by atoms with Gasteiger partial charge in [-0.05, 0) is 210 Å². The number of piperidine rings is 6. The Labute approximate surface area is 634 Å². The van der Waals surface area contributed by atoms with Gasteiger partial charge in [0.25, 0.3) is 0 Å². The van der Waals surface area contributed by atoms with Gasteiger partial charge in [-0.15, -0.1) is 0 Å². The first-order valence-electron chi connectivity index (χ1n) is 34.2. The van der Waals surface area contributed by atoms with Crippen molar-refractivity contribution in [1.82, 2.24) is 58.5 Å². The molecule has 5 N–H and O–H groups in total. The van der Waals surface area contributed by atoms with Crippen LogP contribution in [0.25, 0.3) is 33.1 Å². The van der Waals surface area contributed by atoms with Gasteiger partial charge in [0.1, 0.15) is 35.6 Å². The largest absolute Gasteiger partial charge is 1.00 e. The van der Waals surface area contributed by atoms with Gasteiger partial charge in [0.15, 0.2) is 0 Å². The number of carboxylic acids is 1. The number of carbonyl (C=O) groups is 10. The van der Waals surface area contributed by atoms with Crippen LogP contribution in [0, 0.1) is 17.8 Å². The molecule has 0 aliphatic carbocycles. The van der Waals surface area contributed by atoms with E-state index in [1.807, 2.05) is 77.9 Å². The van der Waals surface area contributed by atoms with Crippen LogP contribution in [0.2, 0.25) is 0 Å². The van der Waals surface area contributed by atoms with Gasteiger partial charge in [-0.2, -0.15) is 0 Å². The van der Waals surface area contributed by atoms with Crippen LogP contribution in [0.5, 0.6) is 0 Å². The summed E-state index contributed by atoms with van der Waals surface area (Å²) in [5, 5.41) is 19.1. The second kappa shape index (κ2) is 35.3. The van der Waals surface area contributed by atoms with Crippen LogP contribution in [-0.2, 0) is 100 Å². The van der Waals surface area contributed by atoms with Crippen LogP contribution >= 0.6 is 0 Å². The Bertz CT molecular complexity index is 4260. The minimum Gasteiger partial charge on any atom is -0.813 e. The van der Waals surface area contributed by atoms with Crippen molar-refractivity contribution in [1.29, 1.82) is 0 Å². The Morgan fingerprint density at radius 2 is 0.802 bits per heavy atom. The second-order valence-corrected chi connectivity index (χ2v) is 28.9. The number of nitrogens with one attached hydrogen (secondary N) is 4. The molecule has 9 heterocycles. The first-order chi connectivity index (χ1) is 46.8. The van der Waals surface area contributed by atoms with Gasteiger partial charge in [-0.1, -0.05) is 12.1 Å². The number of likely N-dealkylation sites (tertiary alicyclic amines) is 2. The molecule has 101 heavy (non-hydrogen) atoms. The van der Waals surface area contributed by atoms with Crippen molar-refractivity contribution in [2.45, 2.75) is 180 Å². The van der Waals surface area contributed by atoms with E-state index in [-0.39, 0.29) is 149 Å². The van der Waals surface area contributed by atoms with Gasteiger partial charge in [-0.3, -0.25) is 101 Å². The van der Waals surface area contributed by atoms with Crippen LogP contribution in [0.3, 0.4) is 0 Å². The number of fused-ring (bicyclic) bond motifs is 3. The topological polar surface area (TPSA) is 345 Å². The van der Waals surface area contributed by atoms with E-state index in [1.54, 1.807) is 48.5 Å². The van der Waals surface area contributed by atoms with Crippen molar-refractivity contribution < 1.29 is 114 Å². The number of hydrogen-bond acceptors (Lipinski definition) is 19. The standard InChI is InChI=1S/C25H34N4O5.C21H26N4O5.C14H13N3O4.C11H21NO2.K.H2S/c1-25(2,3)34-22(31)14-16-9-11-28(12-10-16)15-17-5-6-18-20(13-17)27(4)24(33)29(18)19-7-8-21(30)26-23(19)32;1-23-17-10-14(12-24-8-6-13(7-9-24)11-19(27)28)2-3-15(17)25(21(23)30)16-4-5-18(26)22-20(16)29;1-16-11-6-8(7-18)2-3-9(11)17(14(16)21)10-4-5-12(19)15-13(10)20;1-11(2,3)14-10(13)8-9-4-6-12-7-5-9;;/h5-6,13,16,19H,7-12,14-15H2,1-4H3,(H,26,30,32);2-3,10,13,16H,4-9,11-12H2,1H3,(H,27,28)(H,22,26,29);2-3,6-7,10H,4-5H2,1H3,(H,15,19,20);9,12H,4-8H2,1-3H3;;1H2/q;;;;+1;/p-1. The van der Waals surface area contributed by atoms with Gasteiger partial charge in [0, 0.05) is 78.3 Å². The number of imidazole rings is 3. The van der Waals surface area contributed by atoms with Gasteiger partial charge < -0.3 is 33.4 Å². The van der Waals surface area contributed by atoms with E-state index in [0.717, 1.165) is 113 Å². The fourth-order valence-corrected chi connectivity index (χ4v) is 13.9. The van der Waals surface area contributed by atoms with E-state index < -0.39 is 47.4 Å². The number of aromatic nitrogens is 6. The van der Waals surface area contributed by atoms with E-state index in [9.17, 15) is 62.3 Å². The molecule has 0 radical (unpaired) electrons. The number of aliphatic carboxylic acids is 1. The fourth-order valence-electron chi connectivity index (χ4n) is 13.9. The Hall–Kier alpha value is -7.16. The average Bonchev–Trinajstić information content (AvgIpc) is 1.63. The number of ether oxygens (including phenoxy) is 2. The number of benzene rings is 3. The van der Waals surface area contributed by atoms with Gasteiger partial charge in [0.2, 0.25) is 35.4 Å². The Morgan fingerprint density at radius 1 is 0.475 bits per heavy atom. The molecule has 30 heteroatoms. The number of esters is 2. The molecule has 3 atom stereocenters. The van der Waals surface area contributed by atoms with Gasteiger partial charge >= 0.3 is 86.4 Å². The Balaban J connectivity index is 0.000000196. The van der Waals surface area contributed by atoms with E-state index in [2.05, 4.69) is 31.1 Å². The van der Waals surface area contributed by atoms with Crippen LogP contribution in [0.1, 0.15) is 177 Å². The summed E-state index contributed by atoms with van der Waals surface area (Å²) >= 11 is 0. The number of thiol groups is 1. The summed E-state index contributed by atoms with van der Waals surface area (Å²) in [6.45, 7) is 18.5. The summed E-state index contributed by atoms with van der Waals surface area (Å²) < 4.78 is 19.6. The monoisotopic (exact) mass is 1440 g/mol. The number of aryl methyl sites for hydroxylation is 3. The van der Waals surface area contributed by atoms with Crippen molar-refractivity contribution in [2.24, 2.45) is 38.9 Å². The summed E-state index contributed by atoms with van der Waals surface area (Å²) in [5.41, 5.74) is 4.99. The number of carboxylic acid groups (broad SMARTS) is 1. The second-order valence-electron chi connectivity index (χ2n) is 28.9. The Morgan fingerprint density at radius 3 is 1.13 bits per heavy atom. The van der Waals surface area contributed by atoms with E-state index >= 15 is 0 Å². The number of hydrogen-bond donors (Lipinski definition) is 5. The maximum atomic E-state index is 12.9. The molecule has 0 bridgehead atoms. The normalized spacial score (nSPS) is 19.8. The molecule has 3 unspecified atom stereocenters. The van der Waals surface area contributed by atoms with Crippen molar-refractivity contribution in [3.63, 3.8) is 0 Å². The van der Waals surface area contributed by atoms with E-state index in [4.69, 9.17) is 14.6 Å². The summed E-state index contributed by atoms with van der Waals surface area (Å²) in [6.07, 6.45) is 9.39. The number of aldehydes is 1. The first kappa shape index (κ1) is 81.1. The van der Waals surface area contributed by atoms with Crippen LogP contribution in [0.15, 0.2) is 69.0 Å². The van der Waals surface area contributed by atoms with E-state index in [0.29, 0.717) is 77.9 Å². The number of nitrogens with zero attached hydrogens (tertiary/aromatic N) is 8. The Kier molecular flexibility index (Phi) is 28.4. The molecule has 12 rings (SSSR count). The predicted molar refractivity (Wildman–Crippen MR) is 375 cm³/mol. The minimum absolute atomic E-state index is 0. The number of amides is 6. The van der Waals surface area contributed by atoms with Crippen LogP contribution in [0.4, 0.5) is 0 Å². The average molecular weight is 1440 g/mol. The third-order valence-electron chi connectivity index (χ3n) is 19.0. The van der Waals surface area contributed by atoms with Crippen molar-refractivity contribution >= 4 is 106 Å². The maximum Gasteiger partial charge on any atom is 1.00 e. The zero-order valence-corrected chi connectivity index (χ0v) is 63.6. The van der Waals surface area contributed by atoms with Crippen molar-refractivity contribution in [3.8, 4) is 0 Å². The van der Waals surface area contributed by atoms with E-state index in [1.165, 1.54) is 18.3 Å². The predicted octanol–water partition coefficient (Wildman–Crippen LogP) is 1.85. The molecule has 0 spiro atoms. The van der Waals surface area contributed by atoms with Crippen LogP contribution < -0.4 is 89.7 Å². The summed E-state index contributed by atoms with van der Waals surface area (Å²) in [6, 6.07) is 14.5. The molecular weight excluding hydrogens is 1350 g/mol.